The third-order valence-electron chi connectivity index (χ3n) is 2.30. The molecule has 0 unspecified atom stereocenters. The van der Waals surface area contributed by atoms with E-state index in [9.17, 15) is 4.79 Å². The molecule has 0 aliphatic carbocycles. The normalized spacial score (nSPS) is 18.6. The molecular weight excluding hydrogens is 180 g/mol. The van der Waals surface area contributed by atoms with Gasteiger partial charge in [-0.1, -0.05) is 5.92 Å². The summed E-state index contributed by atoms with van der Waals surface area (Å²) in [7, 11) is 0. The summed E-state index contributed by atoms with van der Waals surface area (Å²) in [6, 6.07) is 0. The van der Waals surface area contributed by atoms with Gasteiger partial charge in [0.05, 0.1) is 13.1 Å². The Kier molecular flexibility index (Phi) is 4.44. The summed E-state index contributed by atoms with van der Waals surface area (Å²) in [6.07, 6.45) is 0. The monoisotopic (exact) mass is 196 g/mol. The topological polar surface area (TPSA) is 43.8 Å². The summed E-state index contributed by atoms with van der Waals surface area (Å²) in [5.74, 6) is 5.13. The predicted molar refractivity (Wildman–Crippen MR) is 54.0 cm³/mol. The number of rotatable bonds is 3. The maximum Gasteiger partial charge on any atom is 0.317 e. The Morgan fingerprint density at radius 1 is 1.29 bits per heavy atom. The molecule has 4 nitrogen and oxygen atoms in total. The van der Waals surface area contributed by atoms with Gasteiger partial charge in [-0.2, -0.15) is 0 Å². The number of carboxylic acids is 1. The first-order chi connectivity index (χ1) is 6.72. The smallest absolute Gasteiger partial charge is 0.317 e. The predicted octanol–water partition coefficient (Wildman–Crippen LogP) is -0.288. The van der Waals surface area contributed by atoms with Crippen LogP contribution in [0, 0.1) is 11.8 Å². The lowest BCUT2D eigenvalue weighted by molar-refractivity contribution is -0.138. The number of hydrogen-bond acceptors (Lipinski definition) is 3. The average molecular weight is 196 g/mol. The molecule has 0 aromatic rings. The van der Waals surface area contributed by atoms with Gasteiger partial charge in [-0.3, -0.25) is 14.6 Å². The number of aliphatic carboxylic acids is 1. The number of carbonyl (C=O) groups is 1. The summed E-state index contributed by atoms with van der Waals surface area (Å²) in [5.41, 5.74) is 0. The Morgan fingerprint density at radius 2 is 1.86 bits per heavy atom. The second kappa shape index (κ2) is 5.63. The molecule has 0 amide bonds. The highest BCUT2D eigenvalue weighted by Gasteiger charge is 2.17. The van der Waals surface area contributed by atoms with Crippen molar-refractivity contribution in [2.45, 2.75) is 6.92 Å². The van der Waals surface area contributed by atoms with Gasteiger partial charge in [0.1, 0.15) is 0 Å². The molecule has 0 atom stereocenters. The van der Waals surface area contributed by atoms with E-state index < -0.39 is 5.97 Å². The van der Waals surface area contributed by atoms with E-state index in [0.717, 1.165) is 32.7 Å². The Bertz CT molecular complexity index is 247. The van der Waals surface area contributed by atoms with E-state index in [0.29, 0.717) is 0 Å². The van der Waals surface area contributed by atoms with E-state index in [1.807, 2.05) is 11.8 Å². The van der Waals surface area contributed by atoms with Crippen molar-refractivity contribution in [1.29, 1.82) is 0 Å². The van der Waals surface area contributed by atoms with Gasteiger partial charge in [0, 0.05) is 26.2 Å². The fourth-order valence-corrected chi connectivity index (χ4v) is 1.49. The van der Waals surface area contributed by atoms with Crippen LogP contribution in [0.5, 0.6) is 0 Å². The molecule has 14 heavy (non-hydrogen) atoms. The lowest BCUT2D eigenvalue weighted by atomic mass is 10.3. The van der Waals surface area contributed by atoms with Gasteiger partial charge in [-0.05, 0) is 6.92 Å². The number of carboxylic acid groups (broad SMARTS) is 1. The summed E-state index contributed by atoms with van der Waals surface area (Å²) in [6.45, 7) is 6.30. The molecule has 1 N–H and O–H groups in total. The van der Waals surface area contributed by atoms with Crippen molar-refractivity contribution in [3.63, 3.8) is 0 Å². The Hall–Kier alpha value is -1.05. The van der Waals surface area contributed by atoms with E-state index in [4.69, 9.17) is 5.11 Å². The van der Waals surface area contributed by atoms with E-state index in [-0.39, 0.29) is 6.54 Å². The van der Waals surface area contributed by atoms with Crippen LogP contribution in [-0.2, 0) is 4.79 Å². The van der Waals surface area contributed by atoms with Gasteiger partial charge in [-0.25, -0.2) is 0 Å². The first kappa shape index (κ1) is 11.0. The highest BCUT2D eigenvalue weighted by Crippen LogP contribution is 2.00. The van der Waals surface area contributed by atoms with Crippen LogP contribution < -0.4 is 0 Å². The molecule has 1 rings (SSSR count). The summed E-state index contributed by atoms with van der Waals surface area (Å²) in [4.78, 5) is 14.6. The van der Waals surface area contributed by atoms with Crippen LogP contribution in [0.4, 0.5) is 0 Å². The van der Waals surface area contributed by atoms with E-state index >= 15 is 0 Å². The van der Waals surface area contributed by atoms with Crippen molar-refractivity contribution < 1.29 is 9.90 Å². The molecule has 0 spiro atoms. The van der Waals surface area contributed by atoms with Gasteiger partial charge in [-0.15, -0.1) is 5.92 Å². The summed E-state index contributed by atoms with van der Waals surface area (Å²) in [5, 5.41) is 8.60. The minimum absolute atomic E-state index is 0.160. The van der Waals surface area contributed by atoms with Gasteiger partial charge in [0.2, 0.25) is 0 Å². The first-order valence-electron chi connectivity index (χ1n) is 4.78. The van der Waals surface area contributed by atoms with Crippen LogP contribution in [0.15, 0.2) is 0 Å². The quantitative estimate of drug-likeness (QED) is 0.630. The second-order valence-electron chi connectivity index (χ2n) is 3.37. The van der Waals surface area contributed by atoms with Crippen molar-refractivity contribution in [3.8, 4) is 11.8 Å². The molecule has 0 radical (unpaired) electrons. The van der Waals surface area contributed by atoms with Crippen LogP contribution in [0.25, 0.3) is 0 Å². The fraction of sp³-hybridized carbons (Fsp3) is 0.700. The number of piperazine rings is 1. The largest absolute Gasteiger partial charge is 0.480 e. The van der Waals surface area contributed by atoms with Crippen LogP contribution >= 0.6 is 0 Å². The van der Waals surface area contributed by atoms with Crippen molar-refractivity contribution in [1.82, 2.24) is 9.80 Å². The van der Waals surface area contributed by atoms with Crippen molar-refractivity contribution in [2.75, 3.05) is 39.3 Å². The van der Waals surface area contributed by atoms with Crippen molar-refractivity contribution >= 4 is 5.97 Å². The Balaban J connectivity index is 2.23. The molecule has 4 heteroatoms. The molecule has 1 fully saturated rings. The molecule has 1 heterocycles. The van der Waals surface area contributed by atoms with Crippen LogP contribution in [0.2, 0.25) is 0 Å². The van der Waals surface area contributed by atoms with Crippen molar-refractivity contribution in [2.24, 2.45) is 0 Å². The van der Waals surface area contributed by atoms with Gasteiger partial charge >= 0.3 is 5.97 Å². The summed E-state index contributed by atoms with van der Waals surface area (Å²) < 4.78 is 0. The van der Waals surface area contributed by atoms with Gasteiger partial charge < -0.3 is 5.11 Å². The van der Waals surface area contributed by atoms with E-state index in [1.165, 1.54) is 0 Å². The molecule has 0 aromatic heterocycles. The maximum absolute atomic E-state index is 10.4. The van der Waals surface area contributed by atoms with E-state index in [1.54, 1.807) is 0 Å². The zero-order chi connectivity index (χ0) is 10.4. The van der Waals surface area contributed by atoms with E-state index in [2.05, 4.69) is 16.7 Å². The standard InChI is InChI=1S/C10H16N2O2/c1-2-3-4-11-5-7-12(8-6-11)9-10(13)14/h4-9H2,1H3,(H,13,14). The molecule has 78 valence electrons. The second-order valence-corrected chi connectivity index (χ2v) is 3.37. The maximum atomic E-state index is 10.4. The lowest BCUT2D eigenvalue weighted by Crippen LogP contribution is -2.47. The number of hydrogen-bond donors (Lipinski definition) is 1. The molecular formula is C10H16N2O2. The molecule has 0 bridgehead atoms. The first-order valence-corrected chi connectivity index (χ1v) is 4.78. The average Bonchev–Trinajstić information content (AvgIpc) is 2.16. The fourth-order valence-electron chi connectivity index (χ4n) is 1.49. The summed E-state index contributed by atoms with van der Waals surface area (Å²) >= 11 is 0. The lowest BCUT2D eigenvalue weighted by Gasteiger charge is -2.32. The SMILES string of the molecule is CC#CCN1CCN(CC(=O)O)CC1. The highest BCUT2D eigenvalue weighted by atomic mass is 16.4. The highest BCUT2D eigenvalue weighted by molar-refractivity contribution is 5.69. The van der Waals surface area contributed by atoms with Crippen LogP contribution in [0.3, 0.4) is 0 Å². The van der Waals surface area contributed by atoms with Crippen LogP contribution in [-0.4, -0.2) is 60.1 Å². The third kappa shape index (κ3) is 3.77. The number of nitrogens with zero attached hydrogens (tertiary/aromatic N) is 2. The van der Waals surface area contributed by atoms with Crippen LogP contribution in [0.1, 0.15) is 6.92 Å². The Morgan fingerprint density at radius 3 is 2.36 bits per heavy atom. The Labute approximate surface area is 84.5 Å². The van der Waals surface area contributed by atoms with Crippen molar-refractivity contribution in [3.05, 3.63) is 0 Å². The van der Waals surface area contributed by atoms with Gasteiger partial charge in [0.25, 0.3) is 0 Å². The third-order valence-corrected chi connectivity index (χ3v) is 2.30. The zero-order valence-electron chi connectivity index (χ0n) is 8.49. The zero-order valence-corrected chi connectivity index (χ0v) is 8.49. The molecule has 1 aliphatic heterocycles. The molecule has 1 aliphatic rings. The minimum Gasteiger partial charge on any atom is -0.480 e. The molecule has 1 saturated heterocycles. The molecule has 0 aromatic carbocycles. The minimum atomic E-state index is -0.744. The van der Waals surface area contributed by atoms with Gasteiger partial charge in [0.15, 0.2) is 0 Å². The molecule has 0 saturated carbocycles.